The summed E-state index contributed by atoms with van der Waals surface area (Å²) in [5, 5.41) is -0.329. The average Bonchev–Trinajstić information content (AvgIpc) is 2.32. The van der Waals surface area contributed by atoms with E-state index in [4.69, 9.17) is 0 Å². The van der Waals surface area contributed by atoms with Crippen LogP contribution >= 0.6 is 25.2 Å². The molecule has 0 aliphatic heterocycles. The Kier molecular flexibility index (Phi) is 5.35. The monoisotopic (exact) mass is 452 g/mol. The van der Waals surface area contributed by atoms with Crippen molar-refractivity contribution in [2.75, 3.05) is 0 Å². The molecule has 25 heavy (non-hydrogen) atoms. The number of benzene rings is 2. The zero-order chi connectivity index (χ0) is 19.2. The maximum absolute atomic E-state index is 14.1. The maximum atomic E-state index is 14.1. The van der Waals surface area contributed by atoms with Crippen LogP contribution in [0.5, 0.6) is 5.75 Å². The molecule has 1 unspecified atom stereocenters. The predicted octanol–water partition coefficient (Wildman–Crippen LogP) is 5.51. The molecule has 0 aliphatic rings. The third-order valence-electron chi connectivity index (χ3n) is 2.92. The molecule has 0 N–H and O–H groups in total. The van der Waals surface area contributed by atoms with Crippen molar-refractivity contribution >= 4 is 30.5 Å². The molecule has 0 saturated heterocycles. The Bertz CT molecular complexity index is 775. The van der Waals surface area contributed by atoms with E-state index in [9.17, 15) is 35.1 Å². The van der Waals surface area contributed by atoms with Gasteiger partial charge in [0, 0.05) is 16.6 Å². The minimum Gasteiger partial charge on any atom is -0.429 e. The lowest BCUT2D eigenvalue weighted by Crippen LogP contribution is -2.29. The zero-order valence-electron chi connectivity index (χ0n) is 11.7. The minimum absolute atomic E-state index is 0.0565. The summed E-state index contributed by atoms with van der Waals surface area (Å²) < 4.78 is 111. The number of halogens is 9. The lowest BCUT2D eigenvalue weighted by Gasteiger charge is -2.21. The number of ether oxygens (including phenoxy) is 1. The van der Waals surface area contributed by atoms with Crippen LogP contribution in [0.1, 0.15) is 11.1 Å². The summed E-state index contributed by atoms with van der Waals surface area (Å²) in [6, 6.07) is 1.69. The van der Waals surface area contributed by atoms with Crippen molar-refractivity contribution in [1.82, 2.24) is 0 Å². The summed E-state index contributed by atoms with van der Waals surface area (Å²) in [5.74, 6) is -6.90. The first-order valence-electron chi connectivity index (χ1n) is 6.21. The third-order valence-corrected chi connectivity index (χ3v) is 3.83. The van der Waals surface area contributed by atoms with E-state index in [1.54, 1.807) is 0 Å². The normalized spacial score (nSPS) is 12.4. The molecular weight excluding hydrogens is 447 g/mol. The van der Waals surface area contributed by atoms with E-state index in [1.807, 2.05) is 9.24 Å². The highest BCUT2D eigenvalue weighted by Gasteiger charge is 2.42. The minimum atomic E-state index is -5.36. The molecule has 1 atom stereocenters. The fourth-order valence-corrected chi connectivity index (χ4v) is 3.16. The van der Waals surface area contributed by atoms with E-state index < -0.39 is 46.6 Å². The van der Waals surface area contributed by atoms with Crippen LogP contribution < -0.4 is 10.0 Å². The summed E-state index contributed by atoms with van der Waals surface area (Å²) in [5.41, 5.74) is -3.49. The molecule has 0 bridgehead atoms. The highest BCUT2D eigenvalue weighted by Crippen LogP contribution is 2.38. The molecule has 0 amide bonds. The van der Waals surface area contributed by atoms with Crippen molar-refractivity contribution in [2.45, 2.75) is 12.3 Å². The summed E-state index contributed by atoms with van der Waals surface area (Å²) in [6.07, 6.45) is -9.76. The van der Waals surface area contributed by atoms with Crippen molar-refractivity contribution in [3.63, 3.8) is 0 Å². The van der Waals surface area contributed by atoms with Gasteiger partial charge in [0.15, 0.2) is 0 Å². The van der Waals surface area contributed by atoms with E-state index in [1.165, 1.54) is 0 Å². The van der Waals surface area contributed by atoms with Gasteiger partial charge in [0.2, 0.25) is 0 Å². The van der Waals surface area contributed by atoms with Gasteiger partial charge >= 0.3 is 12.3 Å². The second-order valence-electron chi connectivity index (χ2n) is 4.73. The Balaban J connectivity index is 2.46. The second kappa shape index (κ2) is 6.72. The third kappa shape index (κ3) is 4.23. The van der Waals surface area contributed by atoms with Gasteiger partial charge in [-0.3, -0.25) is 0 Å². The molecule has 1 nitrogen and oxygen atoms in total. The van der Waals surface area contributed by atoms with Gasteiger partial charge in [-0.15, -0.1) is 9.24 Å². The number of hydrogen-bond acceptors (Lipinski definition) is 1. The van der Waals surface area contributed by atoms with Crippen molar-refractivity contribution in [3.8, 4) is 5.75 Å². The molecular formula is C14H6BrF8OP. The highest BCUT2D eigenvalue weighted by atomic mass is 79.9. The van der Waals surface area contributed by atoms with Crippen molar-refractivity contribution in [2.24, 2.45) is 0 Å². The first-order valence-corrected chi connectivity index (χ1v) is 7.58. The molecule has 11 heteroatoms. The highest BCUT2D eigenvalue weighted by molar-refractivity contribution is 9.10. The topological polar surface area (TPSA) is 9.23 Å². The molecule has 136 valence electrons. The maximum Gasteiger partial charge on any atom is 0.430 e. The molecule has 2 rings (SSSR count). The second-order valence-corrected chi connectivity index (χ2v) is 6.27. The van der Waals surface area contributed by atoms with Gasteiger partial charge in [-0.25, -0.2) is 13.2 Å². The Morgan fingerprint density at radius 3 is 1.72 bits per heavy atom. The first-order chi connectivity index (χ1) is 11.3. The van der Waals surface area contributed by atoms with Crippen LogP contribution in [0.3, 0.4) is 0 Å². The lowest BCUT2D eigenvalue weighted by molar-refractivity contribution is -0.186. The predicted molar refractivity (Wildman–Crippen MR) is 79.3 cm³/mol. The van der Waals surface area contributed by atoms with Crippen LogP contribution in [-0.2, 0) is 12.3 Å². The fraction of sp³-hybridized carbons (Fsp3) is 0.143. The van der Waals surface area contributed by atoms with Crippen LogP contribution in [0.4, 0.5) is 35.1 Å². The van der Waals surface area contributed by atoms with Crippen LogP contribution in [-0.4, -0.2) is 0 Å². The van der Waals surface area contributed by atoms with Crippen LogP contribution in [0, 0.1) is 17.5 Å². The molecule has 2 aromatic rings. The van der Waals surface area contributed by atoms with E-state index in [0.29, 0.717) is 6.07 Å². The Morgan fingerprint density at radius 1 is 0.800 bits per heavy atom. The molecule has 0 aromatic heterocycles. The zero-order valence-corrected chi connectivity index (χ0v) is 14.4. The summed E-state index contributed by atoms with van der Waals surface area (Å²) >= 11 is 2.88. The summed E-state index contributed by atoms with van der Waals surface area (Å²) in [4.78, 5) is 0. The standard InChI is InChI=1S/C14H6BrF8OP/c15-5-1-7(16)12(10(25)2-5)14(22,23)24-6-3-8(17)11(9(18)4-6)13(19,20)21/h1-4H,25H2. The largest absolute Gasteiger partial charge is 0.430 e. The summed E-state index contributed by atoms with van der Waals surface area (Å²) in [6.45, 7) is 0. The van der Waals surface area contributed by atoms with Crippen molar-refractivity contribution in [1.29, 1.82) is 0 Å². The van der Waals surface area contributed by atoms with Crippen LogP contribution in [0.2, 0.25) is 0 Å². The number of rotatable bonds is 3. The fourth-order valence-electron chi connectivity index (χ4n) is 1.98. The molecule has 0 saturated carbocycles. The lowest BCUT2D eigenvalue weighted by atomic mass is 10.1. The first kappa shape index (κ1) is 19.9. The van der Waals surface area contributed by atoms with E-state index >= 15 is 0 Å². The Hall–Kier alpha value is -1.41. The van der Waals surface area contributed by atoms with Gasteiger partial charge in [0.25, 0.3) is 0 Å². The molecule has 0 spiro atoms. The van der Waals surface area contributed by atoms with E-state index in [0.717, 1.165) is 6.07 Å². The molecule has 0 fully saturated rings. The Labute approximate surface area is 146 Å². The smallest absolute Gasteiger partial charge is 0.429 e. The van der Waals surface area contributed by atoms with Gasteiger partial charge in [-0.1, -0.05) is 15.9 Å². The number of hydrogen-bond donors (Lipinski definition) is 0. The van der Waals surface area contributed by atoms with Gasteiger partial charge < -0.3 is 4.74 Å². The number of alkyl halides is 5. The molecule has 0 heterocycles. The molecule has 0 radical (unpaired) electrons. The van der Waals surface area contributed by atoms with Gasteiger partial charge in [-0.2, -0.15) is 22.0 Å². The van der Waals surface area contributed by atoms with E-state index in [-0.39, 0.29) is 21.9 Å². The van der Waals surface area contributed by atoms with Crippen molar-refractivity contribution < 1.29 is 39.9 Å². The summed E-state index contributed by atoms with van der Waals surface area (Å²) in [7, 11) is 1.82. The molecule has 0 aliphatic carbocycles. The average molecular weight is 453 g/mol. The SMILES string of the molecule is Fc1cc(OC(F)(F)c2c(F)cc(Br)cc2P)cc(F)c1C(F)(F)F. The van der Waals surface area contributed by atoms with Gasteiger partial charge in [-0.05, 0) is 17.4 Å². The van der Waals surface area contributed by atoms with Crippen molar-refractivity contribution in [3.05, 3.63) is 57.3 Å². The van der Waals surface area contributed by atoms with Gasteiger partial charge in [0.1, 0.15) is 34.3 Å². The Morgan fingerprint density at radius 2 is 1.28 bits per heavy atom. The quantitative estimate of drug-likeness (QED) is 0.440. The van der Waals surface area contributed by atoms with Crippen LogP contribution in [0.25, 0.3) is 0 Å². The van der Waals surface area contributed by atoms with E-state index in [2.05, 4.69) is 20.7 Å². The molecule has 2 aromatic carbocycles. The van der Waals surface area contributed by atoms with Gasteiger partial charge in [0.05, 0.1) is 0 Å². The van der Waals surface area contributed by atoms with Crippen LogP contribution in [0.15, 0.2) is 28.7 Å².